The van der Waals surface area contributed by atoms with Gasteiger partial charge >= 0.3 is 5.97 Å². The molecule has 0 radical (unpaired) electrons. The van der Waals surface area contributed by atoms with Gasteiger partial charge in [0.05, 0.1) is 5.02 Å². The van der Waals surface area contributed by atoms with E-state index >= 15 is 0 Å². The van der Waals surface area contributed by atoms with Crippen LogP contribution in [0.5, 0.6) is 0 Å². The Labute approximate surface area is 106 Å². The first-order valence-corrected chi connectivity index (χ1v) is 5.58. The molecule has 0 bridgehead atoms. The highest BCUT2D eigenvalue weighted by Gasteiger charge is 2.16. The molecule has 4 nitrogen and oxygen atoms in total. The van der Waals surface area contributed by atoms with Gasteiger partial charge in [0.1, 0.15) is 6.04 Å². The topological polar surface area (TPSA) is 66.4 Å². The summed E-state index contributed by atoms with van der Waals surface area (Å²) >= 11 is 9.10. The Morgan fingerprint density at radius 2 is 2.31 bits per heavy atom. The number of carbonyl (C=O) groups excluding carboxylic acids is 1. The van der Waals surface area contributed by atoms with Crippen molar-refractivity contribution in [1.29, 1.82) is 0 Å². The molecule has 0 saturated carbocycles. The summed E-state index contributed by atoms with van der Waals surface area (Å²) in [4.78, 5) is 21.0. The van der Waals surface area contributed by atoms with E-state index in [1.807, 2.05) is 0 Å². The Morgan fingerprint density at radius 1 is 1.62 bits per heavy atom. The zero-order valence-electron chi connectivity index (χ0n) is 8.11. The third kappa shape index (κ3) is 3.50. The van der Waals surface area contributed by atoms with Gasteiger partial charge in [0.15, 0.2) is 0 Å². The molecule has 0 aliphatic rings. The lowest BCUT2D eigenvalue weighted by molar-refractivity contribution is -0.140. The van der Waals surface area contributed by atoms with E-state index in [1.165, 1.54) is 0 Å². The predicted octanol–water partition coefficient (Wildman–Crippen LogP) is 1.84. The number of nitrogens with one attached hydrogen (secondary N) is 1. The van der Waals surface area contributed by atoms with Gasteiger partial charge in [0.2, 0.25) is 6.41 Å². The summed E-state index contributed by atoms with van der Waals surface area (Å²) < 4.78 is 0.744. The van der Waals surface area contributed by atoms with Gasteiger partial charge in [-0.15, -0.1) is 0 Å². The quantitative estimate of drug-likeness (QED) is 0.816. The highest BCUT2D eigenvalue weighted by atomic mass is 79.9. The van der Waals surface area contributed by atoms with Gasteiger partial charge in [-0.1, -0.05) is 17.7 Å². The lowest BCUT2D eigenvalue weighted by Gasteiger charge is -2.11. The number of carboxylic acid groups (broad SMARTS) is 1. The molecule has 0 aromatic heterocycles. The van der Waals surface area contributed by atoms with Crippen molar-refractivity contribution >= 4 is 39.9 Å². The molecule has 0 heterocycles. The van der Waals surface area contributed by atoms with Crippen molar-refractivity contribution in [2.45, 2.75) is 12.5 Å². The van der Waals surface area contributed by atoms with Gasteiger partial charge in [-0.3, -0.25) is 4.79 Å². The van der Waals surface area contributed by atoms with Gasteiger partial charge in [-0.2, -0.15) is 0 Å². The molecule has 1 unspecified atom stereocenters. The molecule has 1 atom stereocenters. The minimum absolute atomic E-state index is 0.196. The van der Waals surface area contributed by atoms with E-state index in [0.29, 0.717) is 11.4 Å². The molecule has 1 aromatic carbocycles. The van der Waals surface area contributed by atoms with Crippen molar-refractivity contribution < 1.29 is 14.7 Å². The summed E-state index contributed by atoms with van der Waals surface area (Å²) in [6, 6.07) is 4.21. The molecule has 16 heavy (non-hydrogen) atoms. The van der Waals surface area contributed by atoms with Gasteiger partial charge in [-0.25, -0.2) is 4.79 Å². The number of amides is 1. The van der Waals surface area contributed by atoms with E-state index in [-0.39, 0.29) is 6.42 Å². The monoisotopic (exact) mass is 305 g/mol. The summed E-state index contributed by atoms with van der Waals surface area (Å²) in [5, 5.41) is 11.6. The summed E-state index contributed by atoms with van der Waals surface area (Å²) in [6.45, 7) is 0. The van der Waals surface area contributed by atoms with E-state index in [0.717, 1.165) is 10.0 Å². The summed E-state index contributed by atoms with van der Waals surface area (Å²) in [6.07, 6.45) is 0.570. The molecule has 0 saturated heterocycles. The van der Waals surface area contributed by atoms with Gasteiger partial charge in [-0.05, 0) is 33.6 Å². The lowest BCUT2D eigenvalue weighted by atomic mass is 10.1. The van der Waals surface area contributed by atoms with Crippen molar-refractivity contribution in [3.8, 4) is 0 Å². The fourth-order valence-corrected chi connectivity index (χ4v) is 1.65. The fraction of sp³-hybridized carbons (Fsp3) is 0.200. The SMILES string of the molecule is O=CNC(Cc1ccc(Br)c(Cl)c1)C(=O)O. The first-order chi connectivity index (χ1) is 7.54. The normalized spacial score (nSPS) is 11.9. The van der Waals surface area contributed by atoms with Crippen LogP contribution in [0.3, 0.4) is 0 Å². The van der Waals surface area contributed by atoms with E-state index < -0.39 is 12.0 Å². The van der Waals surface area contributed by atoms with Crippen LogP contribution in [-0.2, 0) is 16.0 Å². The number of carbonyl (C=O) groups is 2. The van der Waals surface area contributed by atoms with Crippen LogP contribution in [-0.4, -0.2) is 23.5 Å². The van der Waals surface area contributed by atoms with Crippen LogP contribution in [0, 0.1) is 0 Å². The van der Waals surface area contributed by atoms with Gasteiger partial charge in [0, 0.05) is 10.9 Å². The number of aliphatic carboxylic acids is 1. The van der Waals surface area contributed by atoms with Crippen LogP contribution in [0.25, 0.3) is 0 Å². The van der Waals surface area contributed by atoms with Crippen LogP contribution < -0.4 is 5.32 Å². The van der Waals surface area contributed by atoms with Crippen LogP contribution in [0.15, 0.2) is 22.7 Å². The zero-order chi connectivity index (χ0) is 12.1. The molecule has 6 heteroatoms. The van der Waals surface area contributed by atoms with Crippen molar-refractivity contribution in [2.75, 3.05) is 0 Å². The van der Waals surface area contributed by atoms with Crippen LogP contribution in [0.1, 0.15) is 5.56 Å². The van der Waals surface area contributed by atoms with Crippen LogP contribution in [0.2, 0.25) is 5.02 Å². The second kappa shape index (κ2) is 5.86. The number of hydrogen-bond donors (Lipinski definition) is 2. The second-order valence-corrected chi connectivity index (χ2v) is 4.39. The molecule has 1 aromatic rings. The Kier molecular flexibility index (Phi) is 4.76. The summed E-state index contributed by atoms with van der Waals surface area (Å²) in [7, 11) is 0. The fourth-order valence-electron chi connectivity index (χ4n) is 1.20. The van der Waals surface area contributed by atoms with E-state index in [9.17, 15) is 9.59 Å². The molecular weight excluding hydrogens is 297 g/mol. The summed E-state index contributed by atoms with van der Waals surface area (Å²) in [5.41, 5.74) is 0.745. The Bertz CT molecular complexity index is 411. The maximum absolute atomic E-state index is 10.8. The van der Waals surface area contributed by atoms with E-state index in [1.54, 1.807) is 18.2 Å². The number of hydrogen-bond acceptors (Lipinski definition) is 2. The number of carboxylic acids is 1. The molecule has 86 valence electrons. The highest BCUT2D eigenvalue weighted by Crippen LogP contribution is 2.23. The third-order valence-corrected chi connectivity index (χ3v) is 3.22. The first-order valence-electron chi connectivity index (χ1n) is 4.41. The van der Waals surface area contributed by atoms with Crippen molar-refractivity contribution in [2.24, 2.45) is 0 Å². The zero-order valence-corrected chi connectivity index (χ0v) is 10.5. The van der Waals surface area contributed by atoms with Crippen LogP contribution >= 0.6 is 27.5 Å². The maximum Gasteiger partial charge on any atom is 0.326 e. The molecule has 0 aliphatic carbocycles. The molecular formula is C10H9BrClNO3. The molecule has 1 rings (SSSR count). The lowest BCUT2D eigenvalue weighted by Crippen LogP contribution is -2.37. The van der Waals surface area contributed by atoms with Crippen molar-refractivity contribution in [3.05, 3.63) is 33.3 Å². The maximum atomic E-state index is 10.8. The van der Waals surface area contributed by atoms with Gasteiger partial charge < -0.3 is 10.4 Å². The smallest absolute Gasteiger partial charge is 0.326 e. The highest BCUT2D eigenvalue weighted by molar-refractivity contribution is 9.10. The Morgan fingerprint density at radius 3 is 2.81 bits per heavy atom. The van der Waals surface area contributed by atoms with Crippen molar-refractivity contribution in [3.63, 3.8) is 0 Å². The largest absolute Gasteiger partial charge is 0.480 e. The Balaban J connectivity index is 2.81. The molecule has 0 fully saturated rings. The molecule has 0 aliphatic heterocycles. The minimum Gasteiger partial charge on any atom is -0.480 e. The predicted molar refractivity (Wildman–Crippen MR) is 63.5 cm³/mol. The van der Waals surface area contributed by atoms with E-state index in [2.05, 4.69) is 21.2 Å². The minimum atomic E-state index is -1.08. The molecule has 2 N–H and O–H groups in total. The number of benzene rings is 1. The third-order valence-electron chi connectivity index (χ3n) is 1.99. The number of halogens is 2. The van der Waals surface area contributed by atoms with Crippen LogP contribution in [0.4, 0.5) is 0 Å². The average molecular weight is 307 g/mol. The van der Waals surface area contributed by atoms with E-state index in [4.69, 9.17) is 16.7 Å². The summed E-state index contributed by atoms with van der Waals surface area (Å²) in [5.74, 6) is -1.08. The number of rotatable bonds is 5. The van der Waals surface area contributed by atoms with Crippen molar-refractivity contribution in [1.82, 2.24) is 5.32 Å². The molecule has 1 amide bonds. The molecule has 0 spiro atoms. The second-order valence-electron chi connectivity index (χ2n) is 3.13. The first kappa shape index (κ1) is 13.0. The average Bonchev–Trinajstić information content (AvgIpc) is 2.22. The Hall–Kier alpha value is -1.07. The standard InChI is InChI=1S/C10H9BrClNO3/c11-7-2-1-6(3-8(7)12)4-9(10(15)16)13-5-14/h1-3,5,9H,4H2,(H,13,14)(H,15,16). The van der Waals surface area contributed by atoms with Gasteiger partial charge in [0.25, 0.3) is 0 Å².